The molecule has 0 saturated heterocycles. The van der Waals surface area contributed by atoms with Gasteiger partial charge in [-0.15, -0.1) is 0 Å². The molecule has 8 nitrogen and oxygen atoms in total. The lowest BCUT2D eigenvalue weighted by Crippen LogP contribution is -2.31. The largest absolute Gasteiger partial charge is 0.349 e. The lowest BCUT2D eigenvalue weighted by atomic mass is 9.87. The summed E-state index contributed by atoms with van der Waals surface area (Å²) in [6.45, 7) is 5.35. The summed E-state index contributed by atoms with van der Waals surface area (Å²) in [6.07, 6.45) is 8.52. The van der Waals surface area contributed by atoms with Crippen LogP contribution in [0.5, 0.6) is 0 Å². The fourth-order valence-electron chi connectivity index (χ4n) is 5.09. The molecule has 0 saturated carbocycles. The molecule has 4 rings (SSSR count). The van der Waals surface area contributed by atoms with Crippen molar-refractivity contribution >= 4 is 17.1 Å². The van der Waals surface area contributed by atoms with Gasteiger partial charge in [-0.05, 0) is 43.2 Å². The first-order valence-electron chi connectivity index (χ1n) is 13.1. The number of carbonyl (C=O) groups is 1. The van der Waals surface area contributed by atoms with E-state index in [1.165, 1.54) is 11.1 Å². The van der Waals surface area contributed by atoms with E-state index >= 15 is 0 Å². The zero-order chi connectivity index (χ0) is 24.8. The topological polar surface area (TPSA) is 102 Å². The Morgan fingerprint density at radius 1 is 1.09 bits per heavy atom. The van der Waals surface area contributed by atoms with Gasteiger partial charge in [-0.2, -0.15) is 0 Å². The van der Waals surface area contributed by atoms with Crippen molar-refractivity contribution in [3.8, 4) is 0 Å². The van der Waals surface area contributed by atoms with E-state index in [-0.39, 0.29) is 18.4 Å². The first-order valence-corrected chi connectivity index (χ1v) is 13.1. The second-order valence-electron chi connectivity index (χ2n) is 9.53. The minimum atomic E-state index is -0.422. The maximum Gasteiger partial charge on any atom is 0.330 e. The minimum Gasteiger partial charge on any atom is -0.349 e. The Morgan fingerprint density at radius 2 is 1.86 bits per heavy atom. The Bertz CT molecular complexity index is 1290. The number of fused-ring (bicyclic) bond motifs is 2. The molecular formula is C27H37N5O3. The third-order valence-corrected chi connectivity index (χ3v) is 6.97. The molecule has 0 unspecified atom stereocenters. The summed E-state index contributed by atoms with van der Waals surface area (Å²) in [5.74, 6) is 0.674. The van der Waals surface area contributed by atoms with Crippen molar-refractivity contribution < 1.29 is 4.79 Å². The van der Waals surface area contributed by atoms with Gasteiger partial charge in [0.15, 0.2) is 11.2 Å². The number of unbranched alkanes of at least 4 members (excludes halogenated alkanes) is 3. The number of rotatable bonds is 11. The third-order valence-electron chi connectivity index (χ3n) is 6.97. The summed E-state index contributed by atoms with van der Waals surface area (Å²) in [5, 5.41) is 3.21. The molecule has 2 aromatic heterocycles. The van der Waals surface area contributed by atoms with Gasteiger partial charge in [-0.25, -0.2) is 9.78 Å². The van der Waals surface area contributed by atoms with E-state index in [0.717, 1.165) is 51.4 Å². The highest BCUT2D eigenvalue weighted by molar-refractivity contribution is 5.77. The van der Waals surface area contributed by atoms with Crippen molar-refractivity contribution in [2.45, 2.75) is 97.2 Å². The summed E-state index contributed by atoms with van der Waals surface area (Å²) in [6, 6.07) is 8.36. The van der Waals surface area contributed by atoms with E-state index in [2.05, 4.69) is 36.3 Å². The van der Waals surface area contributed by atoms with Crippen LogP contribution in [-0.4, -0.2) is 25.0 Å². The van der Waals surface area contributed by atoms with Gasteiger partial charge in [0, 0.05) is 25.9 Å². The average molecular weight is 480 g/mol. The number of aromatic amines is 1. The Balaban J connectivity index is 1.57. The Kier molecular flexibility index (Phi) is 8.21. The average Bonchev–Trinajstić information content (AvgIpc) is 3.22. The molecule has 2 N–H and O–H groups in total. The fraction of sp³-hybridized carbons (Fsp3) is 0.556. The number of imidazole rings is 1. The Morgan fingerprint density at radius 3 is 2.66 bits per heavy atom. The highest BCUT2D eigenvalue weighted by atomic mass is 16.2. The van der Waals surface area contributed by atoms with Crippen molar-refractivity contribution in [2.24, 2.45) is 0 Å². The van der Waals surface area contributed by atoms with Crippen LogP contribution < -0.4 is 16.6 Å². The van der Waals surface area contributed by atoms with Gasteiger partial charge < -0.3 is 9.88 Å². The molecule has 8 heteroatoms. The maximum absolute atomic E-state index is 12.9. The van der Waals surface area contributed by atoms with Crippen LogP contribution in [-0.2, 0) is 30.7 Å². The molecule has 35 heavy (non-hydrogen) atoms. The van der Waals surface area contributed by atoms with Crippen LogP contribution in [0.15, 0.2) is 33.9 Å². The smallest absolute Gasteiger partial charge is 0.330 e. The molecule has 0 spiro atoms. The number of aryl methyl sites for hydroxylation is 4. The molecule has 0 fully saturated rings. The summed E-state index contributed by atoms with van der Waals surface area (Å²) in [4.78, 5) is 45.5. The zero-order valence-corrected chi connectivity index (χ0v) is 20.9. The van der Waals surface area contributed by atoms with Gasteiger partial charge in [0.05, 0.1) is 6.04 Å². The number of nitrogens with one attached hydrogen (secondary N) is 2. The van der Waals surface area contributed by atoms with E-state index in [4.69, 9.17) is 4.98 Å². The van der Waals surface area contributed by atoms with Crippen LogP contribution in [0.3, 0.4) is 0 Å². The van der Waals surface area contributed by atoms with E-state index in [0.29, 0.717) is 36.5 Å². The predicted octanol–water partition coefficient (Wildman–Crippen LogP) is 4.00. The third kappa shape index (κ3) is 5.57. The molecule has 0 aliphatic heterocycles. The molecule has 188 valence electrons. The molecule has 1 atom stereocenters. The number of carbonyl (C=O) groups excluding carboxylic acids is 1. The number of nitrogens with zero attached hydrogens (tertiary/aromatic N) is 3. The molecule has 1 aliphatic carbocycles. The van der Waals surface area contributed by atoms with Crippen molar-refractivity contribution in [3.63, 3.8) is 0 Å². The monoisotopic (exact) mass is 479 g/mol. The zero-order valence-electron chi connectivity index (χ0n) is 20.9. The van der Waals surface area contributed by atoms with Gasteiger partial charge in [0.1, 0.15) is 5.82 Å². The number of hydrogen-bond acceptors (Lipinski definition) is 4. The maximum atomic E-state index is 12.9. The highest BCUT2D eigenvalue weighted by Crippen LogP contribution is 2.29. The second-order valence-corrected chi connectivity index (χ2v) is 9.53. The number of amides is 1. The number of H-pyrrole nitrogens is 1. The SMILES string of the molecule is CCCCCn1c(CCC(=O)N[C@@H]2CCCc3ccccc32)nc2c1c(=O)[nH]c(=O)n2CCCC. The number of aromatic nitrogens is 4. The quantitative estimate of drug-likeness (QED) is 0.406. The van der Waals surface area contributed by atoms with E-state index in [9.17, 15) is 14.4 Å². The highest BCUT2D eigenvalue weighted by Gasteiger charge is 2.23. The first kappa shape index (κ1) is 24.9. The molecular weight excluding hydrogens is 442 g/mol. The lowest BCUT2D eigenvalue weighted by molar-refractivity contribution is -0.121. The molecule has 1 amide bonds. The van der Waals surface area contributed by atoms with Gasteiger partial charge in [-0.3, -0.25) is 19.1 Å². The Hall–Kier alpha value is -3.16. The first-order chi connectivity index (χ1) is 17.0. The molecule has 0 bridgehead atoms. The van der Waals surface area contributed by atoms with Crippen LogP contribution >= 0.6 is 0 Å². The van der Waals surface area contributed by atoms with Crippen molar-refractivity contribution in [3.05, 3.63) is 62.1 Å². The normalized spacial score (nSPS) is 15.3. The van der Waals surface area contributed by atoms with Crippen LogP contribution in [0.2, 0.25) is 0 Å². The van der Waals surface area contributed by atoms with Crippen molar-refractivity contribution in [2.75, 3.05) is 0 Å². The lowest BCUT2D eigenvalue weighted by Gasteiger charge is -2.26. The van der Waals surface area contributed by atoms with Crippen molar-refractivity contribution in [1.82, 2.24) is 24.4 Å². The summed E-state index contributed by atoms with van der Waals surface area (Å²) in [5.41, 5.74) is 2.57. The van der Waals surface area contributed by atoms with Crippen molar-refractivity contribution in [1.29, 1.82) is 0 Å². The second kappa shape index (κ2) is 11.5. The minimum absolute atomic E-state index is 0.0175. The van der Waals surface area contributed by atoms with Gasteiger partial charge in [-0.1, -0.05) is 57.4 Å². The van der Waals surface area contributed by atoms with Gasteiger partial charge >= 0.3 is 5.69 Å². The standard InChI is InChI=1S/C27H37N5O3/c1-3-5-9-18-31-22(29-25-24(31)26(34)30-27(35)32(25)17-6-4-2)15-16-23(33)28-21-14-10-12-19-11-7-8-13-20(19)21/h7-8,11,13,21H,3-6,9-10,12,14-18H2,1-2H3,(H,28,33)(H,30,34,35)/t21-/m1/s1. The van der Waals surface area contributed by atoms with Gasteiger partial charge in [0.25, 0.3) is 5.56 Å². The van der Waals surface area contributed by atoms with Crippen LogP contribution in [0.1, 0.15) is 88.2 Å². The number of benzene rings is 1. The van der Waals surface area contributed by atoms with Gasteiger partial charge in [0.2, 0.25) is 5.91 Å². The summed E-state index contributed by atoms with van der Waals surface area (Å²) >= 11 is 0. The predicted molar refractivity (Wildman–Crippen MR) is 138 cm³/mol. The van der Waals surface area contributed by atoms with Crippen LogP contribution in [0.4, 0.5) is 0 Å². The summed E-state index contributed by atoms with van der Waals surface area (Å²) in [7, 11) is 0. The molecule has 2 heterocycles. The molecule has 0 radical (unpaired) electrons. The van der Waals surface area contributed by atoms with E-state index < -0.39 is 11.2 Å². The number of hydrogen-bond donors (Lipinski definition) is 2. The molecule has 3 aromatic rings. The summed E-state index contributed by atoms with van der Waals surface area (Å²) < 4.78 is 3.49. The van der Waals surface area contributed by atoms with Crippen LogP contribution in [0, 0.1) is 0 Å². The Labute approximate surface area is 205 Å². The van der Waals surface area contributed by atoms with E-state index in [1.807, 2.05) is 16.7 Å². The molecule has 1 aromatic carbocycles. The molecule has 1 aliphatic rings. The fourth-order valence-corrected chi connectivity index (χ4v) is 5.09. The van der Waals surface area contributed by atoms with Crippen LogP contribution in [0.25, 0.3) is 11.2 Å². The van der Waals surface area contributed by atoms with E-state index in [1.54, 1.807) is 4.57 Å².